The van der Waals surface area contributed by atoms with Crippen molar-refractivity contribution < 1.29 is 4.74 Å². The van der Waals surface area contributed by atoms with Gasteiger partial charge in [0.25, 0.3) is 0 Å². The van der Waals surface area contributed by atoms with Gasteiger partial charge in [0, 0.05) is 6.42 Å². The van der Waals surface area contributed by atoms with Crippen LogP contribution >= 0.6 is 0 Å². The molecule has 2 heterocycles. The molecule has 0 fully saturated rings. The second kappa shape index (κ2) is 3.15. The highest BCUT2D eigenvalue weighted by Crippen LogP contribution is 2.28. The lowest BCUT2D eigenvalue weighted by molar-refractivity contribution is 0.357. The van der Waals surface area contributed by atoms with Crippen LogP contribution in [0.3, 0.4) is 0 Å². The number of nitrogens with zero attached hydrogens (tertiary/aromatic N) is 1. The Morgan fingerprint density at radius 2 is 2.40 bits per heavy atom. The summed E-state index contributed by atoms with van der Waals surface area (Å²) in [5.41, 5.74) is 8.12. The Labute approximate surface area is 88.1 Å². The SMILES string of the molecule is NC1=NCC(c2ccc3c(c2)CCO3)N1. The van der Waals surface area contributed by atoms with E-state index in [1.54, 1.807) is 0 Å². The molecule has 0 bridgehead atoms. The number of hydrogen-bond acceptors (Lipinski definition) is 4. The molecule has 78 valence electrons. The zero-order valence-electron chi connectivity index (χ0n) is 8.36. The maximum atomic E-state index is 5.59. The first-order chi connectivity index (χ1) is 7.33. The molecule has 3 rings (SSSR count). The van der Waals surface area contributed by atoms with Gasteiger partial charge in [-0.25, -0.2) is 0 Å². The van der Waals surface area contributed by atoms with Crippen LogP contribution in [-0.2, 0) is 6.42 Å². The normalized spacial score (nSPS) is 22.9. The molecule has 3 N–H and O–H groups in total. The van der Waals surface area contributed by atoms with Crippen molar-refractivity contribution in [2.24, 2.45) is 10.7 Å². The molecule has 1 aromatic carbocycles. The van der Waals surface area contributed by atoms with Gasteiger partial charge < -0.3 is 15.8 Å². The molecule has 2 aliphatic heterocycles. The van der Waals surface area contributed by atoms with E-state index in [1.807, 2.05) is 6.07 Å². The van der Waals surface area contributed by atoms with Crippen LogP contribution in [0.15, 0.2) is 23.2 Å². The Balaban J connectivity index is 1.88. The third-order valence-corrected chi connectivity index (χ3v) is 2.88. The Hall–Kier alpha value is -1.71. The van der Waals surface area contributed by atoms with Crippen molar-refractivity contribution >= 4 is 5.96 Å². The van der Waals surface area contributed by atoms with Gasteiger partial charge >= 0.3 is 0 Å². The van der Waals surface area contributed by atoms with E-state index in [-0.39, 0.29) is 6.04 Å². The van der Waals surface area contributed by atoms with E-state index in [2.05, 4.69) is 22.4 Å². The molecule has 0 spiro atoms. The number of benzene rings is 1. The highest BCUT2D eigenvalue weighted by Gasteiger charge is 2.20. The molecule has 1 atom stereocenters. The summed E-state index contributed by atoms with van der Waals surface area (Å²) in [6, 6.07) is 6.54. The van der Waals surface area contributed by atoms with Crippen molar-refractivity contribution in [1.29, 1.82) is 0 Å². The van der Waals surface area contributed by atoms with Gasteiger partial charge in [0.1, 0.15) is 5.75 Å². The summed E-state index contributed by atoms with van der Waals surface area (Å²) in [6.07, 6.45) is 1.01. The van der Waals surface area contributed by atoms with Crippen LogP contribution in [-0.4, -0.2) is 19.1 Å². The number of guanidine groups is 1. The molecular formula is C11H13N3O. The van der Waals surface area contributed by atoms with Gasteiger partial charge in [-0.2, -0.15) is 0 Å². The topological polar surface area (TPSA) is 59.6 Å². The quantitative estimate of drug-likeness (QED) is 0.702. The Kier molecular flexibility index (Phi) is 1.80. The van der Waals surface area contributed by atoms with Crippen molar-refractivity contribution in [3.05, 3.63) is 29.3 Å². The standard InChI is InChI=1S/C11H13N3O/c12-11-13-6-9(14-11)7-1-2-10-8(5-7)3-4-15-10/h1-2,5,9H,3-4,6H2,(H3,12,13,14). The molecule has 0 amide bonds. The summed E-state index contributed by atoms with van der Waals surface area (Å²) in [6.45, 7) is 1.53. The molecule has 4 heteroatoms. The zero-order chi connectivity index (χ0) is 10.3. The predicted molar refractivity (Wildman–Crippen MR) is 58.0 cm³/mol. The van der Waals surface area contributed by atoms with Gasteiger partial charge in [0.2, 0.25) is 0 Å². The van der Waals surface area contributed by atoms with Gasteiger partial charge in [-0.15, -0.1) is 0 Å². The van der Waals surface area contributed by atoms with E-state index in [0.29, 0.717) is 5.96 Å². The minimum Gasteiger partial charge on any atom is -0.493 e. The van der Waals surface area contributed by atoms with Crippen LogP contribution in [0.1, 0.15) is 17.2 Å². The summed E-state index contributed by atoms with van der Waals surface area (Å²) < 4.78 is 5.46. The molecule has 0 saturated heterocycles. The Morgan fingerprint density at radius 3 is 3.20 bits per heavy atom. The average Bonchev–Trinajstić information content (AvgIpc) is 2.84. The lowest BCUT2D eigenvalue weighted by atomic mass is 10.0. The summed E-state index contributed by atoms with van der Waals surface area (Å²) in [4.78, 5) is 4.14. The van der Waals surface area contributed by atoms with E-state index in [1.165, 1.54) is 11.1 Å². The second-order valence-corrected chi connectivity index (χ2v) is 3.89. The Bertz CT molecular complexity index is 428. The molecule has 4 nitrogen and oxygen atoms in total. The van der Waals surface area contributed by atoms with Crippen molar-refractivity contribution in [3.63, 3.8) is 0 Å². The van der Waals surface area contributed by atoms with E-state index in [0.717, 1.165) is 25.3 Å². The van der Waals surface area contributed by atoms with Gasteiger partial charge in [-0.05, 0) is 23.3 Å². The molecule has 15 heavy (non-hydrogen) atoms. The third-order valence-electron chi connectivity index (χ3n) is 2.88. The lowest BCUT2D eigenvalue weighted by Gasteiger charge is -2.11. The summed E-state index contributed by atoms with van der Waals surface area (Å²) in [7, 11) is 0. The minimum atomic E-state index is 0.232. The Morgan fingerprint density at radius 1 is 1.47 bits per heavy atom. The van der Waals surface area contributed by atoms with Gasteiger partial charge in [-0.3, -0.25) is 4.99 Å². The largest absolute Gasteiger partial charge is 0.493 e. The molecule has 0 aromatic heterocycles. The number of rotatable bonds is 1. The zero-order valence-corrected chi connectivity index (χ0v) is 8.36. The third kappa shape index (κ3) is 1.42. The van der Waals surface area contributed by atoms with E-state index in [4.69, 9.17) is 10.5 Å². The van der Waals surface area contributed by atoms with Crippen LogP contribution in [0.2, 0.25) is 0 Å². The highest BCUT2D eigenvalue weighted by atomic mass is 16.5. The van der Waals surface area contributed by atoms with Crippen molar-refractivity contribution in [2.75, 3.05) is 13.2 Å². The molecule has 1 unspecified atom stereocenters. The number of aliphatic imine (C=N–C) groups is 1. The fourth-order valence-corrected chi connectivity index (χ4v) is 2.07. The van der Waals surface area contributed by atoms with Gasteiger partial charge in [-0.1, -0.05) is 6.07 Å². The van der Waals surface area contributed by atoms with Crippen LogP contribution in [0.4, 0.5) is 0 Å². The second-order valence-electron chi connectivity index (χ2n) is 3.89. The number of fused-ring (bicyclic) bond motifs is 1. The number of ether oxygens (including phenoxy) is 1. The van der Waals surface area contributed by atoms with E-state index < -0.39 is 0 Å². The fourth-order valence-electron chi connectivity index (χ4n) is 2.07. The maximum Gasteiger partial charge on any atom is 0.189 e. The number of hydrogen-bond donors (Lipinski definition) is 2. The van der Waals surface area contributed by atoms with Crippen molar-refractivity contribution in [2.45, 2.75) is 12.5 Å². The van der Waals surface area contributed by atoms with Crippen LogP contribution in [0.5, 0.6) is 5.75 Å². The van der Waals surface area contributed by atoms with Crippen molar-refractivity contribution in [3.8, 4) is 5.75 Å². The van der Waals surface area contributed by atoms with Crippen molar-refractivity contribution in [1.82, 2.24) is 5.32 Å². The molecule has 2 aliphatic rings. The van der Waals surface area contributed by atoms with Gasteiger partial charge in [0.05, 0.1) is 19.2 Å². The lowest BCUT2D eigenvalue weighted by Crippen LogP contribution is -2.29. The number of nitrogens with two attached hydrogens (primary N) is 1. The fraction of sp³-hybridized carbons (Fsp3) is 0.364. The molecule has 0 radical (unpaired) electrons. The smallest absolute Gasteiger partial charge is 0.189 e. The predicted octanol–water partition coefficient (Wildman–Crippen LogP) is 0.580. The molecule has 0 aliphatic carbocycles. The first kappa shape index (κ1) is 8.59. The minimum absolute atomic E-state index is 0.232. The molecular weight excluding hydrogens is 190 g/mol. The summed E-state index contributed by atoms with van der Waals surface area (Å²) in [5, 5.41) is 3.15. The first-order valence-corrected chi connectivity index (χ1v) is 5.15. The van der Waals surface area contributed by atoms with E-state index >= 15 is 0 Å². The van der Waals surface area contributed by atoms with Gasteiger partial charge in [0.15, 0.2) is 5.96 Å². The van der Waals surface area contributed by atoms with Crippen LogP contribution < -0.4 is 15.8 Å². The maximum absolute atomic E-state index is 5.59. The van der Waals surface area contributed by atoms with Crippen LogP contribution in [0, 0.1) is 0 Å². The molecule has 1 aromatic rings. The van der Waals surface area contributed by atoms with Crippen LogP contribution in [0.25, 0.3) is 0 Å². The summed E-state index contributed by atoms with van der Waals surface area (Å²) >= 11 is 0. The number of nitrogens with one attached hydrogen (secondary N) is 1. The summed E-state index contributed by atoms with van der Waals surface area (Å²) in [5.74, 6) is 1.56. The average molecular weight is 203 g/mol. The van der Waals surface area contributed by atoms with E-state index in [9.17, 15) is 0 Å². The first-order valence-electron chi connectivity index (χ1n) is 5.15. The monoisotopic (exact) mass is 203 g/mol. The molecule has 0 saturated carbocycles. The highest BCUT2D eigenvalue weighted by molar-refractivity contribution is 5.80.